The molecule has 1 unspecified atom stereocenters. The first-order valence-corrected chi connectivity index (χ1v) is 9.25. The third-order valence-electron chi connectivity index (χ3n) is 4.72. The van der Waals surface area contributed by atoms with E-state index in [4.69, 9.17) is 14.6 Å². The van der Waals surface area contributed by atoms with Gasteiger partial charge in [-0.3, -0.25) is 4.79 Å². The predicted molar refractivity (Wildman–Crippen MR) is 106 cm³/mol. The molecular weight excluding hydrogens is 358 g/mol. The molecule has 6 heteroatoms. The normalized spacial score (nSPS) is 16.4. The van der Waals surface area contributed by atoms with Crippen molar-refractivity contribution in [2.45, 2.75) is 39.2 Å². The summed E-state index contributed by atoms with van der Waals surface area (Å²) in [5.41, 5.74) is 1.98. The molecule has 1 atom stereocenters. The summed E-state index contributed by atoms with van der Waals surface area (Å²) in [6, 6.07) is 12.4. The summed E-state index contributed by atoms with van der Waals surface area (Å²) >= 11 is 0. The third kappa shape index (κ3) is 4.11. The lowest BCUT2D eigenvalue weighted by Crippen LogP contribution is -2.46. The molecule has 3 rings (SSSR count). The predicted octanol–water partition coefficient (Wildman–Crippen LogP) is 3.88. The lowest BCUT2D eigenvalue weighted by molar-refractivity contribution is -0.125. The number of carbonyl (C=O) groups is 2. The van der Waals surface area contributed by atoms with Gasteiger partial charge in [-0.25, -0.2) is 4.79 Å². The smallest absolute Gasteiger partial charge is 0.335 e. The molecule has 1 amide bonds. The number of ether oxygens (including phenoxy) is 2. The summed E-state index contributed by atoms with van der Waals surface area (Å²) < 4.78 is 11.4. The molecule has 6 nitrogen and oxygen atoms in total. The topological polar surface area (TPSA) is 76.1 Å². The molecule has 1 aliphatic rings. The quantitative estimate of drug-likeness (QED) is 0.848. The van der Waals surface area contributed by atoms with Crippen LogP contribution in [0.2, 0.25) is 0 Å². The Morgan fingerprint density at radius 3 is 2.46 bits per heavy atom. The lowest BCUT2D eigenvalue weighted by atomic mass is 9.87. The van der Waals surface area contributed by atoms with E-state index in [1.807, 2.05) is 24.3 Å². The number of hydrogen-bond donors (Lipinski definition) is 1. The highest BCUT2D eigenvalue weighted by atomic mass is 16.5. The van der Waals surface area contributed by atoms with E-state index < -0.39 is 12.1 Å². The Balaban J connectivity index is 1.70. The van der Waals surface area contributed by atoms with E-state index in [2.05, 4.69) is 20.8 Å². The van der Waals surface area contributed by atoms with Gasteiger partial charge in [0.15, 0.2) is 6.10 Å². The van der Waals surface area contributed by atoms with Gasteiger partial charge in [0, 0.05) is 0 Å². The number of benzene rings is 2. The van der Waals surface area contributed by atoms with Gasteiger partial charge in [0.2, 0.25) is 0 Å². The van der Waals surface area contributed by atoms with E-state index in [0.717, 1.165) is 5.75 Å². The Hall–Kier alpha value is -3.02. The van der Waals surface area contributed by atoms with Crippen molar-refractivity contribution in [3.05, 3.63) is 53.6 Å². The Labute approximate surface area is 164 Å². The molecule has 0 saturated carbocycles. The number of aromatic carboxylic acids is 1. The van der Waals surface area contributed by atoms with Crippen LogP contribution < -0.4 is 14.4 Å². The number of fused-ring (bicyclic) bond motifs is 1. The number of nitrogens with zero attached hydrogens (tertiary/aromatic N) is 1. The molecule has 0 saturated heterocycles. The number of carbonyl (C=O) groups excluding carboxylic acids is 1. The second kappa shape index (κ2) is 7.54. The van der Waals surface area contributed by atoms with E-state index in [1.165, 1.54) is 17.7 Å². The van der Waals surface area contributed by atoms with E-state index in [1.54, 1.807) is 17.9 Å². The van der Waals surface area contributed by atoms with Crippen LogP contribution in [0.1, 0.15) is 43.6 Å². The van der Waals surface area contributed by atoms with Crippen LogP contribution in [0.3, 0.4) is 0 Å². The van der Waals surface area contributed by atoms with Crippen molar-refractivity contribution in [3.63, 3.8) is 0 Å². The van der Waals surface area contributed by atoms with Gasteiger partial charge in [0.05, 0.1) is 17.8 Å². The van der Waals surface area contributed by atoms with Gasteiger partial charge in [-0.2, -0.15) is 0 Å². The molecular formula is C22H25NO5. The molecule has 0 bridgehead atoms. The van der Waals surface area contributed by atoms with Crippen LogP contribution in [-0.4, -0.2) is 36.2 Å². The summed E-state index contributed by atoms with van der Waals surface area (Å²) in [7, 11) is 0. The van der Waals surface area contributed by atoms with Crippen LogP contribution in [0.4, 0.5) is 5.69 Å². The van der Waals surface area contributed by atoms with Crippen LogP contribution in [0.25, 0.3) is 0 Å². The minimum absolute atomic E-state index is 0.0768. The maximum atomic E-state index is 12.5. The van der Waals surface area contributed by atoms with Crippen molar-refractivity contribution in [2.75, 3.05) is 18.1 Å². The zero-order chi connectivity index (χ0) is 20.5. The number of hydrogen-bond acceptors (Lipinski definition) is 4. The Morgan fingerprint density at radius 2 is 1.86 bits per heavy atom. The van der Waals surface area contributed by atoms with Gasteiger partial charge < -0.3 is 19.5 Å². The van der Waals surface area contributed by atoms with Gasteiger partial charge in [-0.1, -0.05) is 32.9 Å². The fourth-order valence-corrected chi connectivity index (χ4v) is 3.08. The summed E-state index contributed by atoms with van der Waals surface area (Å²) in [5, 5.41) is 9.15. The fraction of sp³-hybridized carbons (Fsp3) is 0.364. The lowest BCUT2D eigenvalue weighted by Gasteiger charge is -2.33. The second-order valence-electron chi connectivity index (χ2n) is 7.86. The van der Waals surface area contributed by atoms with E-state index in [9.17, 15) is 9.59 Å². The molecule has 0 radical (unpaired) electrons. The Kier molecular flexibility index (Phi) is 5.31. The molecule has 0 fully saturated rings. The van der Waals surface area contributed by atoms with E-state index in [-0.39, 0.29) is 16.9 Å². The van der Waals surface area contributed by atoms with Crippen LogP contribution in [0.5, 0.6) is 11.5 Å². The standard InChI is InChI=1S/C22H25NO5/c1-14-20(24)23(18-10-5-15(21(25)26)13-19(18)28-14)11-12-27-17-8-6-16(7-9-17)22(2,3)4/h5-10,13-14H,11-12H2,1-4H3,(H,25,26). The van der Waals surface area contributed by atoms with Gasteiger partial charge in [0.25, 0.3) is 5.91 Å². The average molecular weight is 383 g/mol. The first-order valence-electron chi connectivity index (χ1n) is 9.25. The van der Waals surface area contributed by atoms with Crippen LogP contribution in [-0.2, 0) is 10.2 Å². The Bertz CT molecular complexity index is 883. The van der Waals surface area contributed by atoms with Crippen LogP contribution >= 0.6 is 0 Å². The van der Waals surface area contributed by atoms with Crippen LogP contribution in [0, 0.1) is 0 Å². The summed E-state index contributed by atoms with van der Waals surface area (Å²) in [6.07, 6.45) is -0.678. The van der Waals surface area contributed by atoms with Gasteiger partial charge in [-0.05, 0) is 48.2 Å². The summed E-state index contributed by atoms with van der Waals surface area (Å²) in [6.45, 7) is 8.77. The molecule has 1 N–H and O–H groups in total. The van der Waals surface area contributed by atoms with Crippen molar-refractivity contribution < 1.29 is 24.2 Å². The van der Waals surface area contributed by atoms with Crippen LogP contribution in [0.15, 0.2) is 42.5 Å². The second-order valence-corrected chi connectivity index (χ2v) is 7.86. The number of carboxylic acids is 1. The summed E-state index contributed by atoms with van der Waals surface area (Å²) in [4.78, 5) is 25.3. The first-order chi connectivity index (χ1) is 13.2. The largest absolute Gasteiger partial charge is 0.492 e. The third-order valence-corrected chi connectivity index (χ3v) is 4.72. The number of rotatable bonds is 5. The molecule has 1 aliphatic heterocycles. The molecule has 0 aromatic heterocycles. The van der Waals surface area contributed by atoms with Crippen molar-refractivity contribution in [3.8, 4) is 11.5 Å². The SMILES string of the molecule is CC1Oc2cc(C(=O)O)ccc2N(CCOc2ccc(C(C)(C)C)cc2)C1=O. The van der Waals surface area contributed by atoms with Gasteiger partial charge in [-0.15, -0.1) is 0 Å². The molecule has 2 aromatic carbocycles. The highest BCUT2D eigenvalue weighted by Gasteiger charge is 2.31. The van der Waals surface area contributed by atoms with E-state index in [0.29, 0.717) is 24.6 Å². The fourth-order valence-electron chi connectivity index (χ4n) is 3.08. The molecule has 2 aromatic rings. The monoisotopic (exact) mass is 383 g/mol. The average Bonchev–Trinajstić information content (AvgIpc) is 2.64. The highest BCUT2D eigenvalue weighted by molar-refractivity contribution is 6.00. The van der Waals surface area contributed by atoms with Gasteiger partial charge in [0.1, 0.15) is 18.1 Å². The molecule has 1 heterocycles. The molecule has 148 valence electrons. The first kappa shape index (κ1) is 19.7. The van der Waals surface area contributed by atoms with E-state index >= 15 is 0 Å². The maximum Gasteiger partial charge on any atom is 0.335 e. The van der Waals surface area contributed by atoms with Crippen molar-refractivity contribution in [2.24, 2.45) is 0 Å². The maximum absolute atomic E-state index is 12.5. The number of carboxylic acid groups (broad SMARTS) is 1. The number of amides is 1. The van der Waals surface area contributed by atoms with Crippen molar-refractivity contribution in [1.82, 2.24) is 0 Å². The molecule has 28 heavy (non-hydrogen) atoms. The summed E-state index contributed by atoms with van der Waals surface area (Å²) in [5.74, 6) is -0.0865. The highest BCUT2D eigenvalue weighted by Crippen LogP contribution is 2.35. The van der Waals surface area contributed by atoms with Crippen molar-refractivity contribution >= 4 is 17.6 Å². The zero-order valence-corrected chi connectivity index (χ0v) is 16.6. The molecule has 0 aliphatic carbocycles. The molecule has 0 spiro atoms. The van der Waals surface area contributed by atoms with Crippen molar-refractivity contribution in [1.29, 1.82) is 0 Å². The Morgan fingerprint density at radius 1 is 1.18 bits per heavy atom. The van der Waals surface area contributed by atoms with Gasteiger partial charge >= 0.3 is 5.97 Å². The minimum atomic E-state index is -1.04. The minimum Gasteiger partial charge on any atom is -0.492 e. The zero-order valence-electron chi connectivity index (χ0n) is 16.6. The number of anilines is 1.